The first-order valence-corrected chi connectivity index (χ1v) is 10.9. The minimum atomic E-state index is -0.0667. The van der Waals surface area contributed by atoms with Gasteiger partial charge in [0.2, 0.25) is 0 Å². The summed E-state index contributed by atoms with van der Waals surface area (Å²) in [6, 6.07) is 13.1. The van der Waals surface area contributed by atoms with Crippen LogP contribution in [0.15, 0.2) is 42.5 Å². The minimum absolute atomic E-state index is 0.0667. The van der Waals surface area contributed by atoms with Crippen molar-refractivity contribution in [2.75, 3.05) is 6.54 Å². The van der Waals surface area contributed by atoms with E-state index in [4.69, 9.17) is 28.2 Å². The third-order valence-electron chi connectivity index (χ3n) is 5.12. The van der Waals surface area contributed by atoms with Gasteiger partial charge in [-0.3, -0.25) is 4.79 Å². The molecule has 152 valence electrons. The van der Waals surface area contributed by atoms with E-state index in [1.807, 2.05) is 37.3 Å². The maximum atomic E-state index is 13.1. The van der Waals surface area contributed by atoms with Gasteiger partial charge in [-0.05, 0) is 43.2 Å². The quantitative estimate of drug-likeness (QED) is 0.384. The van der Waals surface area contributed by atoms with Gasteiger partial charge in [0.15, 0.2) is 0 Å². The molecule has 1 N–H and O–H groups in total. The second-order valence-corrected chi connectivity index (χ2v) is 8.12. The monoisotopic (exact) mass is 428 g/mol. The van der Waals surface area contributed by atoms with E-state index in [0.29, 0.717) is 27.8 Å². The van der Waals surface area contributed by atoms with Crippen LogP contribution in [0.5, 0.6) is 0 Å². The number of hydrogen-bond acceptors (Lipinski definition) is 2. The molecule has 3 aromatic rings. The number of carbonyl (C=O) groups excluding carboxylic acids is 1. The Morgan fingerprint density at radius 3 is 2.55 bits per heavy atom. The summed E-state index contributed by atoms with van der Waals surface area (Å²) >= 11 is 12.5. The number of nitrogens with one attached hydrogen (secondary N) is 1. The Bertz CT molecular complexity index is 1020. The molecule has 0 radical (unpaired) electrons. The van der Waals surface area contributed by atoms with Crippen LogP contribution in [-0.2, 0) is 0 Å². The first-order chi connectivity index (χ1) is 14.0. The van der Waals surface area contributed by atoms with Crippen molar-refractivity contribution < 1.29 is 4.79 Å². The molecular formula is C24H26Cl2N2O. The summed E-state index contributed by atoms with van der Waals surface area (Å²) in [5.41, 5.74) is 3.72. The Morgan fingerprint density at radius 2 is 1.79 bits per heavy atom. The number of halogens is 2. The van der Waals surface area contributed by atoms with Crippen LogP contribution in [0.1, 0.15) is 54.9 Å². The number of amides is 1. The van der Waals surface area contributed by atoms with E-state index in [1.165, 1.54) is 19.3 Å². The van der Waals surface area contributed by atoms with Gasteiger partial charge in [-0.15, -0.1) is 0 Å². The molecule has 0 saturated carbocycles. The molecule has 0 fully saturated rings. The molecule has 2 aromatic carbocycles. The van der Waals surface area contributed by atoms with Crippen LogP contribution in [-0.4, -0.2) is 17.4 Å². The SMILES string of the molecule is CCCCCCCNC(=O)c1c(C)c(-c2ccc(Cl)cc2Cl)nc2ccccc12. The Morgan fingerprint density at radius 1 is 1.03 bits per heavy atom. The second kappa shape index (κ2) is 10.1. The summed E-state index contributed by atoms with van der Waals surface area (Å²) in [6.45, 7) is 4.80. The summed E-state index contributed by atoms with van der Waals surface area (Å²) in [6.07, 6.45) is 5.79. The molecule has 3 rings (SSSR count). The van der Waals surface area contributed by atoms with Gasteiger partial charge in [0.05, 0.1) is 21.8 Å². The van der Waals surface area contributed by atoms with E-state index in [0.717, 1.165) is 34.9 Å². The summed E-state index contributed by atoms with van der Waals surface area (Å²) < 4.78 is 0. The van der Waals surface area contributed by atoms with Crippen LogP contribution < -0.4 is 5.32 Å². The van der Waals surface area contributed by atoms with Crippen molar-refractivity contribution in [3.8, 4) is 11.3 Å². The topological polar surface area (TPSA) is 42.0 Å². The number of hydrogen-bond donors (Lipinski definition) is 1. The normalized spacial score (nSPS) is 11.0. The van der Waals surface area contributed by atoms with Crippen molar-refractivity contribution >= 4 is 40.0 Å². The molecule has 0 aliphatic carbocycles. The lowest BCUT2D eigenvalue weighted by Crippen LogP contribution is -2.26. The van der Waals surface area contributed by atoms with Crippen LogP contribution >= 0.6 is 23.2 Å². The summed E-state index contributed by atoms with van der Waals surface area (Å²) in [4.78, 5) is 17.9. The van der Waals surface area contributed by atoms with Gasteiger partial charge in [0.1, 0.15) is 0 Å². The molecule has 0 atom stereocenters. The lowest BCUT2D eigenvalue weighted by atomic mass is 9.97. The van der Waals surface area contributed by atoms with E-state index < -0.39 is 0 Å². The summed E-state index contributed by atoms with van der Waals surface area (Å²) in [7, 11) is 0. The van der Waals surface area contributed by atoms with Crippen molar-refractivity contribution in [3.05, 3.63) is 63.6 Å². The van der Waals surface area contributed by atoms with Gasteiger partial charge >= 0.3 is 0 Å². The van der Waals surface area contributed by atoms with Crippen LogP contribution in [0.3, 0.4) is 0 Å². The average molecular weight is 429 g/mol. The third kappa shape index (κ3) is 5.09. The lowest BCUT2D eigenvalue weighted by Gasteiger charge is -2.15. The van der Waals surface area contributed by atoms with Crippen LogP contribution in [0.4, 0.5) is 0 Å². The highest BCUT2D eigenvalue weighted by Crippen LogP contribution is 2.34. The molecule has 5 heteroatoms. The molecular weight excluding hydrogens is 403 g/mol. The zero-order chi connectivity index (χ0) is 20.8. The van der Waals surface area contributed by atoms with Crippen LogP contribution in [0.25, 0.3) is 22.2 Å². The standard InChI is InChI=1S/C24H26Cl2N2O/c1-3-4-5-6-9-14-27-24(29)22-16(2)23(18-13-12-17(25)15-20(18)26)28-21-11-8-7-10-19(21)22/h7-8,10-13,15H,3-6,9,14H2,1-2H3,(H,27,29). The Kier molecular flexibility index (Phi) is 7.51. The second-order valence-electron chi connectivity index (χ2n) is 7.27. The van der Waals surface area contributed by atoms with E-state index in [2.05, 4.69) is 12.2 Å². The van der Waals surface area contributed by atoms with Gasteiger partial charge in [0.25, 0.3) is 5.91 Å². The molecule has 0 saturated heterocycles. The number of unbranched alkanes of at least 4 members (excludes halogenated alkanes) is 4. The zero-order valence-corrected chi connectivity index (χ0v) is 18.4. The van der Waals surface area contributed by atoms with Gasteiger partial charge in [-0.1, -0.05) is 74.0 Å². The van der Waals surface area contributed by atoms with Gasteiger partial charge < -0.3 is 5.32 Å². The van der Waals surface area contributed by atoms with Gasteiger partial charge in [0, 0.05) is 22.5 Å². The Labute approximate surface area is 182 Å². The average Bonchev–Trinajstić information content (AvgIpc) is 2.70. The molecule has 0 aliphatic heterocycles. The predicted molar refractivity (Wildman–Crippen MR) is 123 cm³/mol. The fourth-order valence-electron chi connectivity index (χ4n) is 3.56. The van der Waals surface area contributed by atoms with Crippen LogP contribution in [0.2, 0.25) is 10.0 Å². The molecule has 1 amide bonds. The first kappa shape index (κ1) is 21.6. The van der Waals surface area contributed by atoms with E-state index in [-0.39, 0.29) is 5.91 Å². The van der Waals surface area contributed by atoms with Gasteiger partial charge in [-0.25, -0.2) is 4.98 Å². The largest absolute Gasteiger partial charge is 0.352 e. The molecule has 0 unspecified atom stereocenters. The number of pyridine rings is 1. The van der Waals surface area contributed by atoms with Gasteiger partial charge in [-0.2, -0.15) is 0 Å². The number of rotatable bonds is 8. The smallest absolute Gasteiger partial charge is 0.252 e. The predicted octanol–water partition coefficient (Wildman–Crippen LogP) is 7.22. The lowest BCUT2D eigenvalue weighted by molar-refractivity contribution is 0.0954. The van der Waals surface area contributed by atoms with Crippen molar-refractivity contribution in [3.63, 3.8) is 0 Å². The first-order valence-electron chi connectivity index (χ1n) is 10.2. The van der Waals surface area contributed by atoms with Crippen molar-refractivity contribution in [1.82, 2.24) is 10.3 Å². The number of aromatic nitrogens is 1. The fraction of sp³-hybridized carbons (Fsp3) is 0.333. The maximum Gasteiger partial charge on any atom is 0.252 e. The fourth-order valence-corrected chi connectivity index (χ4v) is 4.06. The minimum Gasteiger partial charge on any atom is -0.352 e. The summed E-state index contributed by atoms with van der Waals surface area (Å²) in [5, 5.41) is 5.03. The number of fused-ring (bicyclic) bond motifs is 1. The molecule has 1 aromatic heterocycles. The highest BCUT2D eigenvalue weighted by Gasteiger charge is 2.19. The highest BCUT2D eigenvalue weighted by atomic mass is 35.5. The molecule has 0 aliphatic rings. The number of nitrogens with zero attached hydrogens (tertiary/aromatic N) is 1. The van der Waals surface area contributed by atoms with E-state index >= 15 is 0 Å². The molecule has 29 heavy (non-hydrogen) atoms. The van der Waals surface area contributed by atoms with E-state index in [1.54, 1.807) is 12.1 Å². The number of benzene rings is 2. The third-order valence-corrected chi connectivity index (χ3v) is 5.66. The highest BCUT2D eigenvalue weighted by molar-refractivity contribution is 6.36. The van der Waals surface area contributed by atoms with Crippen molar-refractivity contribution in [2.45, 2.75) is 46.0 Å². The van der Waals surface area contributed by atoms with Crippen molar-refractivity contribution in [2.24, 2.45) is 0 Å². The zero-order valence-electron chi connectivity index (χ0n) is 16.9. The Balaban J connectivity index is 1.95. The van der Waals surface area contributed by atoms with Crippen LogP contribution in [0, 0.1) is 6.92 Å². The summed E-state index contributed by atoms with van der Waals surface area (Å²) in [5.74, 6) is -0.0667. The molecule has 3 nitrogen and oxygen atoms in total. The molecule has 0 spiro atoms. The number of carbonyl (C=O) groups is 1. The van der Waals surface area contributed by atoms with E-state index in [9.17, 15) is 4.79 Å². The number of para-hydroxylation sites is 1. The molecule has 1 heterocycles. The Hall–Kier alpha value is -2.10. The van der Waals surface area contributed by atoms with Crippen molar-refractivity contribution in [1.29, 1.82) is 0 Å². The maximum absolute atomic E-state index is 13.1. The molecule has 0 bridgehead atoms.